The number of amides is 3. The largest absolute Gasteiger partial charge is 0.371 e. The van der Waals surface area contributed by atoms with Crippen molar-refractivity contribution < 1.29 is 9.59 Å². The molecule has 0 saturated carbocycles. The Balaban J connectivity index is 1.74. The van der Waals surface area contributed by atoms with E-state index in [0.29, 0.717) is 33.5 Å². The molecular weight excluding hydrogens is 461 g/mol. The number of nitrogens with zero attached hydrogens (tertiary/aromatic N) is 2. The number of benzene rings is 2. The lowest BCUT2D eigenvalue weighted by Crippen LogP contribution is -2.35. The molecule has 0 spiro atoms. The molecule has 3 rings (SSSR count). The lowest BCUT2D eigenvalue weighted by molar-refractivity contribution is 0.0949. The van der Waals surface area contributed by atoms with Crippen LogP contribution in [0.2, 0.25) is 10.0 Å². The molecule has 2 aromatic carbocycles. The van der Waals surface area contributed by atoms with Crippen molar-refractivity contribution in [3.8, 4) is 0 Å². The van der Waals surface area contributed by atoms with E-state index in [4.69, 9.17) is 23.2 Å². The minimum atomic E-state index is -0.494. The third kappa shape index (κ3) is 6.76. The van der Waals surface area contributed by atoms with E-state index in [1.165, 1.54) is 0 Å². The number of anilines is 3. The lowest BCUT2D eigenvalue weighted by Gasteiger charge is -2.23. The van der Waals surface area contributed by atoms with Gasteiger partial charge in [-0.3, -0.25) is 4.79 Å². The SMILES string of the molecule is CCN(CC)CCNC(=O)c1cc(NC(=O)Nc2c(Cl)cccc2Cl)ccc1N1CCCC1. The summed E-state index contributed by atoms with van der Waals surface area (Å²) >= 11 is 12.3. The van der Waals surface area contributed by atoms with E-state index < -0.39 is 6.03 Å². The molecule has 1 aliphatic heterocycles. The van der Waals surface area contributed by atoms with E-state index >= 15 is 0 Å². The highest BCUT2D eigenvalue weighted by Gasteiger charge is 2.21. The van der Waals surface area contributed by atoms with Crippen LogP contribution in [0.25, 0.3) is 0 Å². The van der Waals surface area contributed by atoms with Gasteiger partial charge in [0.05, 0.1) is 21.3 Å². The van der Waals surface area contributed by atoms with Gasteiger partial charge in [-0.1, -0.05) is 43.1 Å². The highest BCUT2D eigenvalue weighted by molar-refractivity contribution is 6.39. The molecule has 3 N–H and O–H groups in total. The molecule has 1 aliphatic rings. The van der Waals surface area contributed by atoms with Crippen molar-refractivity contribution in [2.24, 2.45) is 0 Å². The Bertz CT molecular complexity index is 955. The topological polar surface area (TPSA) is 76.7 Å². The lowest BCUT2D eigenvalue weighted by atomic mass is 10.1. The summed E-state index contributed by atoms with van der Waals surface area (Å²) in [5.74, 6) is -0.151. The Labute approximate surface area is 205 Å². The molecule has 7 nitrogen and oxygen atoms in total. The van der Waals surface area contributed by atoms with Crippen LogP contribution < -0.4 is 20.9 Å². The third-order valence-electron chi connectivity index (χ3n) is 5.76. The van der Waals surface area contributed by atoms with Gasteiger partial charge in [0.15, 0.2) is 0 Å². The van der Waals surface area contributed by atoms with Crippen molar-refractivity contribution in [3.63, 3.8) is 0 Å². The number of rotatable bonds is 9. The number of carbonyl (C=O) groups is 2. The number of hydrogen-bond acceptors (Lipinski definition) is 4. The van der Waals surface area contributed by atoms with Crippen molar-refractivity contribution in [3.05, 3.63) is 52.0 Å². The molecule has 3 amide bonds. The third-order valence-corrected chi connectivity index (χ3v) is 6.39. The second kappa shape index (κ2) is 12.1. The summed E-state index contributed by atoms with van der Waals surface area (Å²) in [4.78, 5) is 30.1. The van der Waals surface area contributed by atoms with Crippen LogP contribution in [0.15, 0.2) is 36.4 Å². The molecule has 1 saturated heterocycles. The van der Waals surface area contributed by atoms with E-state index in [2.05, 4.69) is 39.6 Å². The Morgan fingerprint density at radius 1 is 1.00 bits per heavy atom. The zero-order valence-corrected chi connectivity index (χ0v) is 20.6. The van der Waals surface area contributed by atoms with E-state index in [0.717, 1.165) is 51.3 Å². The number of hydrogen-bond donors (Lipinski definition) is 3. The molecule has 0 unspecified atom stereocenters. The number of nitrogens with one attached hydrogen (secondary N) is 3. The molecule has 0 bridgehead atoms. The smallest absolute Gasteiger partial charge is 0.323 e. The fourth-order valence-corrected chi connectivity index (χ4v) is 4.38. The minimum Gasteiger partial charge on any atom is -0.371 e. The van der Waals surface area contributed by atoms with Crippen LogP contribution >= 0.6 is 23.2 Å². The Morgan fingerprint density at radius 3 is 2.30 bits per heavy atom. The maximum absolute atomic E-state index is 13.1. The van der Waals surface area contributed by atoms with Crippen molar-refractivity contribution in [1.29, 1.82) is 0 Å². The van der Waals surface area contributed by atoms with E-state index in [1.807, 2.05) is 6.07 Å². The molecule has 2 aromatic rings. The van der Waals surface area contributed by atoms with Crippen molar-refractivity contribution in [2.45, 2.75) is 26.7 Å². The molecule has 0 aliphatic carbocycles. The monoisotopic (exact) mass is 491 g/mol. The van der Waals surface area contributed by atoms with Crippen LogP contribution in [-0.4, -0.2) is 56.1 Å². The van der Waals surface area contributed by atoms with Gasteiger partial charge >= 0.3 is 6.03 Å². The molecule has 1 fully saturated rings. The van der Waals surface area contributed by atoms with Crippen LogP contribution in [-0.2, 0) is 0 Å². The highest BCUT2D eigenvalue weighted by atomic mass is 35.5. The van der Waals surface area contributed by atoms with Gasteiger partial charge in [0, 0.05) is 37.6 Å². The number of urea groups is 1. The Hall–Kier alpha value is -2.48. The molecule has 1 heterocycles. The maximum Gasteiger partial charge on any atom is 0.323 e. The molecule has 0 atom stereocenters. The van der Waals surface area contributed by atoms with Crippen LogP contribution in [0.3, 0.4) is 0 Å². The fraction of sp³-hybridized carbons (Fsp3) is 0.417. The number of carbonyl (C=O) groups excluding carboxylic acids is 2. The van der Waals surface area contributed by atoms with Gasteiger partial charge in [0.1, 0.15) is 0 Å². The van der Waals surface area contributed by atoms with Gasteiger partial charge in [-0.25, -0.2) is 4.79 Å². The van der Waals surface area contributed by atoms with Crippen molar-refractivity contribution in [2.75, 3.05) is 54.8 Å². The predicted octanol–water partition coefficient (Wildman–Crippen LogP) is 5.31. The van der Waals surface area contributed by atoms with Gasteiger partial charge < -0.3 is 25.8 Å². The molecule has 0 aromatic heterocycles. The second-order valence-electron chi connectivity index (χ2n) is 7.88. The van der Waals surface area contributed by atoms with Crippen LogP contribution in [0, 0.1) is 0 Å². The summed E-state index contributed by atoms with van der Waals surface area (Å²) in [6.45, 7) is 9.26. The first kappa shape index (κ1) is 25.1. The van der Waals surface area contributed by atoms with Gasteiger partial charge in [-0.05, 0) is 56.3 Å². The molecule has 33 heavy (non-hydrogen) atoms. The number of halogens is 2. The van der Waals surface area contributed by atoms with Crippen LogP contribution in [0.5, 0.6) is 0 Å². The summed E-state index contributed by atoms with van der Waals surface area (Å²) in [5, 5.41) is 9.16. The van der Waals surface area contributed by atoms with E-state index in [1.54, 1.807) is 30.3 Å². The van der Waals surface area contributed by atoms with Gasteiger partial charge in [-0.2, -0.15) is 0 Å². The fourth-order valence-electron chi connectivity index (χ4n) is 3.89. The quantitative estimate of drug-likeness (QED) is 0.444. The molecular formula is C24H31Cl2N5O2. The molecule has 0 radical (unpaired) electrons. The zero-order chi connectivity index (χ0) is 23.8. The summed E-state index contributed by atoms with van der Waals surface area (Å²) in [7, 11) is 0. The summed E-state index contributed by atoms with van der Waals surface area (Å²) in [5.41, 5.74) is 2.27. The van der Waals surface area contributed by atoms with Gasteiger partial charge in [-0.15, -0.1) is 0 Å². The van der Waals surface area contributed by atoms with Crippen LogP contribution in [0.4, 0.5) is 21.9 Å². The summed E-state index contributed by atoms with van der Waals surface area (Å²) < 4.78 is 0. The second-order valence-corrected chi connectivity index (χ2v) is 8.70. The zero-order valence-electron chi connectivity index (χ0n) is 19.1. The maximum atomic E-state index is 13.1. The average Bonchev–Trinajstić information content (AvgIpc) is 3.34. The van der Waals surface area contributed by atoms with Crippen LogP contribution in [0.1, 0.15) is 37.0 Å². The number of para-hydroxylation sites is 1. The van der Waals surface area contributed by atoms with E-state index in [-0.39, 0.29) is 5.91 Å². The minimum absolute atomic E-state index is 0.151. The summed E-state index contributed by atoms with van der Waals surface area (Å²) in [6, 6.07) is 9.91. The van der Waals surface area contributed by atoms with E-state index in [9.17, 15) is 9.59 Å². The Kier molecular flexibility index (Phi) is 9.23. The highest BCUT2D eigenvalue weighted by Crippen LogP contribution is 2.31. The first-order valence-electron chi connectivity index (χ1n) is 11.3. The van der Waals surface area contributed by atoms with Gasteiger partial charge in [0.25, 0.3) is 5.91 Å². The number of likely N-dealkylation sites (N-methyl/N-ethyl adjacent to an activating group) is 1. The Morgan fingerprint density at radius 2 is 1.67 bits per heavy atom. The molecule has 178 valence electrons. The van der Waals surface area contributed by atoms with Crippen molar-refractivity contribution in [1.82, 2.24) is 10.2 Å². The first-order valence-corrected chi connectivity index (χ1v) is 12.1. The predicted molar refractivity (Wildman–Crippen MR) is 137 cm³/mol. The average molecular weight is 492 g/mol. The first-order chi connectivity index (χ1) is 15.9. The normalized spacial score (nSPS) is 13.3. The standard InChI is InChI=1S/C24H31Cl2N5O2/c1-3-30(4-2)15-12-27-23(32)18-16-17(10-11-21(18)31-13-5-6-14-31)28-24(33)29-22-19(25)8-7-9-20(22)26/h7-11,16H,3-6,12-15H2,1-2H3,(H,27,32)(H2,28,29,33). The molecule has 9 heteroatoms. The summed E-state index contributed by atoms with van der Waals surface area (Å²) in [6.07, 6.45) is 2.20. The van der Waals surface area contributed by atoms with Gasteiger partial charge in [0.2, 0.25) is 0 Å². The van der Waals surface area contributed by atoms with Crippen molar-refractivity contribution >= 4 is 52.2 Å².